The van der Waals surface area contributed by atoms with E-state index in [9.17, 15) is 9.59 Å². The minimum absolute atomic E-state index is 0.126. The monoisotopic (exact) mass is 393 g/mol. The van der Waals surface area contributed by atoms with Gasteiger partial charge in [-0.05, 0) is 6.42 Å². The van der Waals surface area contributed by atoms with Gasteiger partial charge in [0.05, 0.1) is 0 Å². The quantitative estimate of drug-likeness (QED) is 0.197. The summed E-state index contributed by atoms with van der Waals surface area (Å²) in [4.78, 5) is 24.2. The molecule has 0 aromatic carbocycles. The zero-order chi connectivity index (χ0) is 20.9. The predicted octanol–water partition coefficient (Wildman–Crippen LogP) is 7.94. The largest absolute Gasteiger partial charge is 0.274 e. The first-order valence-corrected chi connectivity index (χ1v) is 12.1. The van der Waals surface area contributed by atoms with Gasteiger partial charge >= 0.3 is 0 Å². The summed E-state index contributed by atoms with van der Waals surface area (Å²) in [5.41, 5.74) is 0. The molecule has 2 amide bonds. The fourth-order valence-electron chi connectivity index (χ4n) is 3.70. The molecule has 0 radical (unpaired) electrons. The number of rotatable bonds is 20. The lowest BCUT2D eigenvalue weighted by molar-refractivity contribution is -0.140. The first-order valence-electron chi connectivity index (χ1n) is 12.1. The van der Waals surface area contributed by atoms with Gasteiger partial charge < -0.3 is 0 Å². The Balaban J connectivity index is 3.23. The third kappa shape index (κ3) is 17.0. The summed E-state index contributed by atoms with van der Waals surface area (Å²) in [5, 5.41) is 0. The highest BCUT2D eigenvalue weighted by molar-refractivity contribution is 5.95. The smallest absolute Gasteiger partial charge is 0.233 e. The van der Waals surface area contributed by atoms with Crippen LogP contribution in [-0.2, 0) is 9.59 Å². The molecule has 164 valence electrons. The van der Waals surface area contributed by atoms with Crippen LogP contribution in [0, 0.1) is 0 Å². The molecule has 3 nitrogen and oxygen atoms in total. The van der Waals surface area contributed by atoms with Crippen LogP contribution in [0.15, 0.2) is 12.8 Å². The Kier molecular flexibility index (Phi) is 19.8. The van der Waals surface area contributed by atoms with Gasteiger partial charge in [0.2, 0.25) is 11.8 Å². The SMILES string of the molecule is C=CN(C(C)=O)C(=O)CCCCCCCCCCCCCCCCCCCC. The Bertz CT molecular complexity index is 392. The van der Waals surface area contributed by atoms with Crippen molar-refractivity contribution in [1.82, 2.24) is 4.90 Å². The van der Waals surface area contributed by atoms with Crippen molar-refractivity contribution in [3.8, 4) is 0 Å². The second kappa shape index (κ2) is 20.6. The second-order valence-electron chi connectivity index (χ2n) is 8.23. The van der Waals surface area contributed by atoms with E-state index < -0.39 is 0 Å². The number of carbonyl (C=O) groups excluding carboxylic acids is 2. The number of hydrogen-bond acceptors (Lipinski definition) is 2. The number of carbonyl (C=O) groups is 2. The van der Waals surface area contributed by atoms with Gasteiger partial charge in [-0.25, -0.2) is 0 Å². The highest BCUT2D eigenvalue weighted by Crippen LogP contribution is 2.14. The summed E-state index contributed by atoms with van der Waals surface area (Å²) in [6.45, 7) is 7.19. The molecular formula is C25H47NO2. The molecule has 0 saturated heterocycles. The second-order valence-corrected chi connectivity index (χ2v) is 8.23. The summed E-state index contributed by atoms with van der Waals surface area (Å²) >= 11 is 0. The van der Waals surface area contributed by atoms with Crippen LogP contribution in [0.1, 0.15) is 136 Å². The van der Waals surface area contributed by atoms with Crippen LogP contribution in [-0.4, -0.2) is 16.7 Å². The highest BCUT2D eigenvalue weighted by atomic mass is 16.2. The standard InChI is InChI=1S/C25H47NO2/c1-4-6-7-8-9-10-11-12-13-14-15-16-17-18-19-20-21-22-23-25(28)26(5-2)24(3)27/h5H,2,4,6-23H2,1,3H3. The van der Waals surface area contributed by atoms with Crippen molar-refractivity contribution < 1.29 is 9.59 Å². The molecule has 0 aliphatic carbocycles. The Morgan fingerprint density at radius 1 is 0.643 bits per heavy atom. The molecule has 3 heteroatoms. The molecule has 0 aromatic rings. The van der Waals surface area contributed by atoms with Crippen molar-refractivity contribution in [3.05, 3.63) is 12.8 Å². The molecule has 0 bridgehead atoms. The van der Waals surface area contributed by atoms with Crippen LogP contribution in [0.4, 0.5) is 0 Å². The molecular weight excluding hydrogens is 346 g/mol. The lowest BCUT2D eigenvalue weighted by atomic mass is 10.0. The number of imide groups is 1. The average Bonchev–Trinajstić information content (AvgIpc) is 2.67. The summed E-state index contributed by atoms with van der Waals surface area (Å²) < 4.78 is 0. The van der Waals surface area contributed by atoms with Gasteiger partial charge in [0.15, 0.2) is 0 Å². The van der Waals surface area contributed by atoms with Crippen molar-refractivity contribution in [2.45, 2.75) is 136 Å². The molecule has 0 aliphatic heterocycles. The molecule has 0 fully saturated rings. The van der Waals surface area contributed by atoms with Crippen LogP contribution in [0.3, 0.4) is 0 Å². The molecule has 0 N–H and O–H groups in total. The molecule has 0 saturated carbocycles. The Morgan fingerprint density at radius 2 is 0.964 bits per heavy atom. The van der Waals surface area contributed by atoms with Crippen LogP contribution in [0.2, 0.25) is 0 Å². The normalized spacial score (nSPS) is 10.8. The lowest BCUT2D eigenvalue weighted by Crippen LogP contribution is -2.29. The summed E-state index contributed by atoms with van der Waals surface area (Å²) in [7, 11) is 0. The zero-order valence-electron chi connectivity index (χ0n) is 19.0. The van der Waals surface area contributed by atoms with E-state index in [2.05, 4.69) is 13.5 Å². The van der Waals surface area contributed by atoms with Gasteiger partial charge in [-0.2, -0.15) is 0 Å². The maximum atomic E-state index is 11.8. The summed E-state index contributed by atoms with van der Waals surface area (Å²) in [5.74, 6) is -0.374. The van der Waals surface area contributed by atoms with Gasteiger partial charge in [-0.15, -0.1) is 0 Å². The zero-order valence-corrected chi connectivity index (χ0v) is 19.0. The maximum Gasteiger partial charge on any atom is 0.233 e. The molecule has 0 rings (SSSR count). The van der Waals surface area contributed by atoms with Gasteiger partial charge in [0.1, 0.15) is 0 Å². The van der Waals surface area contributed by atoms with Crippen molar-refractivity contribution in [2.24, 2.45) is 0 Å². The third-order valence-electron chi connectivity index (χ3n) is 5.53. The van der Waals surface area contributed by atoms with E-state index in [1.54, 1.807) is 0 Å². The van der Waals surface area contributed by atoms with Gasteiger partial charge in [-0.1, -0.05) is 123 Å². The Morgan fingerprint density at radius 3 is 1.25 bits per heavy atom. The van der Waals surface area contributed by atoms with Gasteiger partial charge in [-0.3, -0.25) is 14.5 Å². The molecule has 0 aliphatic rings. The molecule has 0 heterocycles. The maximum absolute atomic E-state index is 11.8. The minimum atomic E-state index is -0.248. The Labute approximate surface area is 175 Å². The van der Waals surface area contributed by atoms with E-state index >= 15 is 0 Å². The van der Waals surface area contributed by atoms with E-state index in [1.165, 1.54) is 116 Å². The van der Waals surface area contributed by atoms with E-state index in [0.29, 0.717) is 6.42 Å². The average molecular weight is 394 g/mol. The van der Waals surface area contributed by atoms with E-state index in [0.717, 1.165) is 17.7 Å². The molecule has 0 aromatic heterocycles. The minimum Gasteiger partial charge on any atom is -0.274 e. The van der Waals surface area contributed by atoms with Gasteiger partial charge in [0, 0.05) is 19.5 Å². The molecule has 0 unspecified atom stereocenters. The molecule has 0 spiro atoms. The van der Waals surface area contributed by atoms with Crippen molar-refractivity contribution >= 4 is 11.8 Å². The highest BCUT2D eigenvalue weighted by Gasteiger charge is 2.13. The molecule has 0 atom stereocenters. The first kappa shape index (κ1) is 26.9. The van der Waals surface area contributed by atoms with Crippen LogP contribution < -0.4 is 0 Å². The topological polar surface area (TPSA) is 37.4 Å². The summed E-state index contributed by atoms with van der Waals surface area (Å²) in [6.07, 6.45) is 25.8. The first-order chi connectivity index (χ1) is 13.6. The van der Waals surface area contributed by atoms with Crippen molar-refractivity contribution in [1.29, 1.82) is 0 Å². The number of amides is 2. The van der Waals surface area contributed by atoms with E-state index in [1.807, 2.05) is 0 Å². The summed E-state index contributed by atoms with van der Waals surface area (Å²) in [6, 6.07) is 0. The lowest BCUT2D eigenvalue weighted by Gasteiger charge is -2.13. The molecule has 28 heavy (non-hydrogen) atoms. The van der Waals surface area contributed by atoms with Crippen molar-refractivity contribution in [3.63, 3.8) is 0 Å². The Hall–Kier alpha value is -1.12. The van der Waals surface area contributed by atoms with E-state index in [4.69, 9.17) is 0 Å². The van der Waals surface area contributed by atoms with Crippen LogP contribution in [0.5, 0.6) is 0 Å². The van der Waals surface area contributed by atoms with Crippen LogP contribution >= 0.6 is 0 Å². The fraction of sp³-hybridized carbons (Fsp3) is 0.840. The van der Waals surface area contributed by atoms with E-state index in [-0.39, 0.29) is 11.8 Å². The third-order valence-corrected chi connectivity index (χ3v) is 5.53. The number of unbranched alkanes of at least 4 members (excludes halogenated alkanes) is 17. The van der Waals surface area contributed by atoms with Crippen molar-refractivity contribution in [2.75, 3.05) is 0 Å². The number of hydrogen-bond donors (Lipinski definition) is 0. The van der Waals surface area contributed by atoms with Crippen LogP contribution in [0.25, 0.3) is 0 Å². The van der Waals surface area contributed by atoms with Gasteiger partial charge in [0.25, 0.3) is 0 Å². The fourth-order valence-corrected chi connectivity index (χ4v) is 3.70. The predicted molar refractivity (Wildman–Crippen MR) is 121 cm³/mol. The number of nitrogens with zero attached hydrogens (tertiary/aromatic N) is 1.